The van der Waals surface area contributed by atoms with Crippen LogP contribution in [0, 0.1) is 0 Å². The van der Waals surface area contributed by atoms with Crippen molar-refractivity contribution in [2.24, 2.45) is 0 Å². The minimum absolute atomic E-state index is 0.0150. The molecule has 0 unspecified atom stereocenters. The van der Waals surface area contributed by atoms with Crippen molar-refractivity contribution in [2.75, 3.05) is 13.3 Å². The molecule has 30 heavy (non-hydrogen) atoms. The first-order chi connectivity index (χ1) is 14.5. The van der Waals surface area contributed by atoms with Gasteiger partial charge < -0.3 is 23.7 Å². The predicted molar refractivity (Wildman–Crippen MR) is 112 cm³/mol. The summed E-state index contributed by atoms with van der Waals surface area (Å²) in [5, 5.41) is 0. The van der Waals surface area contributed by atoms with Gasteiger partial charge in [-0.1, -0.05) is 19.4 Å². The lowest BCUT2D eigenvalue weighted by Gasteiger charge is -2.30. The van der Waals surface area contributed by atoms with Gasteiger partial charge in [0.1, 0.15) is 5.76 Å². The molecule has 0 bridgehead atoms. The van der Waals surface area contributed by atoms with Gasteiger partial charge in [-0.25, -0.2) is 0 Å². The first-order valence-corrected chi connectivity index (χ1v) is 10.5. The van der Waals surface area contributed by atoms with Crippen LogP contribution in [0.4, 0.5) is 0 Å². The van der Waals surface area contributed by atoms with Gasteiger partial charge in [0.05, 0.1) is 19.4 Å². The largest absolute Gasteiger partial charge is 0.467 e. The Morgan fingerprint density at radius 1 is 1.07 bits per heavy atom. The molecule has 0 saturated heterocycles. The molecule has 7 heteroatoms. The molecule has 0 atom stereocenters. The number of hydrogen-bond donors (Lipinski definition) is 0. The maximum atomic E-state index is 13.2. The molecule has 2 heterocycles. The Bertz CT molecular complexity index is 847. The summed E-state index contributed by atoms with van der Waals surface area (Å²) in [4.78, 5) is 29.2. The second kappa shape index (κ2) is 10.2. The molecule has 3 rings (SSSR count). The SMILES string of the molecule is CCCCC(=O)N(CC(=O)N(Cc1ccc2c(c1)OCO2)Cc1ccco1)C(C)C. The first kappa shape index (κ1) is 21.7. The van der Waals surface area contributed by atoms with Crippen LogP contribution in [0.2, 0.25) is 0 Å². The number of rotatable bonds is 10. The fourth-order valence-electron chi connectivity index (χ4n) is 3.36. The van der Waals surface area contributed by atoms with Crippen molar-refractivity contribution in [2.45, 2.75) is 59.2 Å². The predicted octanol–water partition coefficient (Wildman–Crippen LogP) is 3.96. The van der Waals surface area contributed by atoms with Crippen LogP contribution < -0.4 is 9.47 Å². The monoisotopic (exact) mass is 414 g/mol. The van der Waals surface area contributed by atoms with Gasteiger partial charge in [0.2, 0.25) is 18.6 Å². The number of benzene rings is 1. The molecule has 0 saturated carbocycles. The molecule has 7 nitrogen and oxygen atoms in total. The Hall–Kier alpha value is -2.96. The lowest BCUT2D eigenvalue weighted by atomic mass is 10.1. The van der Waals surface area contributed by atoms with Crippen LogP contribution in [0.25, 0.3) is 0 Å². The van der Waals surface area contributed by atoms with Gasteiger partial charge in [-0.3, -0.25) is 9.59 Å². The summed E-state index contributed by atoms with van der Waals surface area (Å²) < 4.78 is 16.3. The first-order valence-electron chi connectivity index (χ1n) is 10.5. The van der Waals surface area contributed by atoms with Crippen LogP contribution in [0.3, 0.4) is 0 Å². The summed E-state index contributed by atoms with van der Waals surface area (Å²) in [6.45, 7) is 6.88. The van der Waals surface area contributed by atoms with Crippen molar-refractivity contribution in [1.82, 2.24) is 9.80 Å². The van der Waals surface area contributed by atoms with Crippen molar-refractivity contribution in [3.05, 3.63) is 47.9 Å². The molecule has 162 valence electrons. The minimum Gasteiger partial charge on any atom is -0.467 e. The van der Waals surface area contributed by atoms with E-state index in [1.54, 1.807) is 22.1 Å². The molecular weight excluding hydrogens is 384 g/mol. The van der Waals surface area contributed by atoms with Crippen molar-refractivity contribution >= 4 is 11.8 Å². The average molecular weight is 415 g/mol. The van der Waals surface area contributed by atoms with Crippen LogP contribution in [0.15, 0.2) is 41.0 Å². The van der Waals surface area contributed by atoms with Crippen LogP contribution in [-0.4, -0.2) is 41.0 Å². The fraction of sp³-hybridized carbons (Fsp3) is 0.478. The van der Waals surface area contributed by atoms with Crippen LogP contribution in [0.1, 0.15) is 51.4 Å². The van der Waals surface area contributed by atoms with E-state index in [1.807, 2.05) is 38.1 Å². The minimum atomic E-state index is -0.123. The smallest absolute Gasteiger partial charge is 0.242 e. The van der Waals surface area contributed by atoms with Gasteiger partial charge in [0, 0.05) is 19.0 Å². The van der Waals surface area contributed by atoms with Gasteiger partial charge in [0.25, 0.3) is 0 Å². The number of carbonyl (C=O) groups excluding carboxylic acids is 2. The number of furan rings is 1. The van der Waals surface area contributed by atoms with Crippen molar-refractivity contribution < 1.29 is 23.5 Å². The maximum Gasteiger partial charge on any atom is 0.242 e. The van der Waals surface area contributed by atoms with Crippen LogP contribution in [0.5, 0.6) is 11.5 Å². The molecule has 2 aromatic rings. The summed E-state index contributed by atoms with van der Waals surface area (Å²) in [6, 6.07) is 9.25. The maximum absolute atomic E-state index is 13.2. The van der Waals surface area contributed by atoms with E-state index in [0.717, 1.165) is 18.4 Å². The number of amides is 2. The molecule has 0 radical (unpaired) electrons. The zero-order chi connectivity index (χ0) is 21.5. The number of ether oxygens (including phenoxy) is 2. The molecule has 1 aromatic heterocycles. The van der Waals surface area contributed by atoms with Gasteiger partial charge in [-0.15, -0.1) is 0 Å². The van der Waals surface area contributed by atoms with E-state index in [1.165, 1.54) is 0 Å². The third-order valence-corrected chi connectivity index (χ3v) is 5.08. The third-order valence-electron chi connectivity index (χ3n) is 5.08. The summed E-state index contributed by atoms with van der Waals surface area (Å²) in [7, 11) is 0. The van der Waals surface area contributed by atoms with E-state index in [-0.39, 0.29) is 31.2 Å². The Kier molecular flexibility index (Phi) is 7.38. The van der Waals surface area contributed by atoms with Gasteiger partial charge in [-0.05, 0) is 50.1 Å². The molecule has 1 aliphatic rings. The Morgan fingerprint density at radius 3 is 2.57 bits per heavy atom. The standard InChI is InChI=1S/C23H30N2O5/c1-4-5-8-22(26)25(17(2)3)15-23(27)24(14-19-7-6-11-28-19)13-18-9-10-20-21(12-18)30-16-29-20/h6-7,9-12,17H,4-5,8,13-16H2,1-3H3. The number of fused-ring (bicyclic) bond motifs is 1. The quantitative estimate of drug-likeness (QED) is 0.588. The number of carbonyl (C=O) groups is 2. The number of unbranched alkanes of at least 4 members (excludes halogenated alkanes) is 1. The number of hydrogen-bond acceptors (Lipinski definition) is 5. The zero-order valence-electron chi connectivity index (χ0n) is 17.9. The Morgan fingerprint density at radius 2 is 1.87 bits per heavy atom. The fourth-order valence-corrected chi connectivity index (χ4v) is 3.36. The second-order valence-electron chi connectivity index (χ2n) is 7.74. The van der Waals surface area contributed by atoms with E-state index in [0.29, 0.717) is 36.8 Å². The van der Waals surface area contributed by atoms with Crippen molar-refractivity contribution in [3.8, 4) is 11.5 Å². The number of nitrogens with zero attached hydrogens (tertiary/aromatic N) is 2. The van der Waals surface area contributed by atoms with E-state index >= 15 is 0 Å². The topological polar surface area (TPSA) is 72.2 Å². The van der Waals surface area contributed by atoms with Crippen LogP contribution in [-0.2, 0) is 22.7 Å². The summed E-state index contributed by atoms with van der Waals surface area (Å²) in [5.74, 6) is 1.97. The van der Waals surface area contributed by atoms with Gasteiger partial charge in [0.15, 0.2) is 11.5 Å². The molecule has 1 aliphatic heterocycles. The summed E-state index contributed by atoms with van der Waals surface area (Å²) in [5.41, 5.74) is 0.924. The second-order valence-corrected chi connectivity index (χ2v) is 7.74. The highest BCUT2D eigenvalue weighted by atomic mass is 16.7. The normalized spacial score (nSPS) is 12.3. The molecule has 0 fully saturated rings. The molecule has 2 amide bonds. The van der Waals surface area contributed by atoms with Gasteiger partial charge in [-0.2, -0.15) is 0 Å². The molecule has 1 aromatic carbocycles. The van der Waals surface area contributed by atoms with Crippen molar-refractivity contribution in [1.29, 1.82) is 0 Å². The van der Waals surface area contributed by atoms with Crippen LogP contribution >= 0.6 is 0 Å². The lowest BCUT2D eigenvalue weighted by molar-refractivity contribution is -0.142. The molecular formula is C23H30N2O5. The van der Waals surface area contributed by atoms with E-state index in [4.69, 9.17) is 13.9 Å². The third kappa shape index (κ3) is 5.55. The molecule has 0 spiro atoms. The molecule has 0 aliphatic carbocycles. The highest BCUT2D eigenvalue weighted by molar-refractivity contribution is 5.85. The van der Waals surface area contributed by atoms with Gasteiger partial charge >= 0.3 is 0 Å². The highest BCUT2D eigenvalue weighted by Crippen LogP contribution is 2.33. The molecule has 0 N–H and O–H groups in total. The summed E-state index contributed by atoms with van der Waals surface area (Å²) >= 11 is 0. The summed E-state index contributed by atoms with van der Waals surface area (Å²) in [6.07, 6.45) is 3.82. The van der Waals surface area contributed by atoms with Crippen molar-refractivity contribution in [3.63, 3.8) is 0 Å². The average Bonchev–Trinajstić information content (AvgIpc) is 3.40. The lowest BCUT2D eigenvalue weighted by Crippen LogP contribution is -2.45. The van der Waals surface area contributed by atoms with E-state index in [2.05, 4.69) is 6.92 Å². The van der Waals surface area contributed by atoms with E-state index < -0.39 is 0 Å². The highest BCUT2D eigenvalue weighted by Gasteiger charge is 2.24. The zero-order valence-corrected chi connectivity index (χ0v) is 17.9. The Labute approximate surface area is 177 Å². The Balaban J connectivity index is 1.75. The van der Waals surface area contributed by atoms with E-state index in [9.17, 15) is 9.59 Å².